The van der Waals surface area contributed by atoms with Crippen molar-refractivity contribution in [3.05, 3.63) is 17.6 Å². The first kappa shape index (κ1) is 11.3. The van der Waals surface area contributed by atoms with Crippen molar-refractivity contribution in [2.75, 3.05) is 5.32 Å². The van der Waals surface area contributed by atoms with Gasteiger partial charge in [-0.3, -0.25) is 0 Å². The third-order valence-electron chi connectivity index (χ3n) is 2.85. The number of nitrogens with zero attached hydrogens (tertiary/aromatic N) is 2. The average Bonchev–Trinajstić information content (AvgIpc) is 2.14. The Morgan fingerprint density at radius 3 is 2.62 bits per heavy atom. The molecule has 1 aliphatic rings. The van der Waals surface area contributed by atoms with Crippen molar-refractivity contribution in [3.63, 3.8) is 0 Å². The van der Waals surface area contributed by atoms with Crippen LogP contribution >= 0.6 is 0 Å². The Balaban J connectivity index is 2.08. The largest absolute Gasteiger partial charge is 0.393 e. The minimum Gasteiger partial charge on any atom is -0.393 e. The molecule has 4 heteroatoms. The summed E-state index contributed by atoms with van der Waals surface area (Å²) in [4.78, 5) is 8.88. The van der Waals surface area contributed by atoms with E-state index in [1.165, 1.54) is 0 Å². The van der Waals surface area contributed by atoms with Crippen LogP contribution < -0.4 is 5.32 Å². The number of aliphatic hydroxyl groups is 1. The van der Waals surface area contributed by atoms with Crippen LogP contribution in [0, 0.1) is 6.92 Å². The van der Waals surface area contributed by atoms with E-state index in [1.807, 2.05) is 13.0 Å². The lowest BCUT2D eigenvalue weighted by Crippen LogP contribution is -2.39. The van der Waals surface area contributed by atoms with Gasteiger partial charge in [0.05, 0.1) is 6.10 Å². The topological polar surface area (TPSA) is 58.0 Å². The standard InChI is InChI=1S/C12H19N3O/c1-7(2)12-13-8(3)4-11(15-12)14-9-5-10(16)6-9/h4,7,9-10,16H,5-6H2,1-3H3,(H,13,14,15). The summed E-state index contributed by atoms with van der Waals surface area (Å²) in [5, 5.41) is 12.6. The van der Waals surface area contributed by atoms with Crippen molar-refractivity contribution in [2.45, 2.75) is 51.7 Å². The van der Waals surface area contributed by atoms with E-state index in [4.69, 9.17) is 0 Å². The molecule has 0 saturated heterocycles. The molecular formula is C12H19N3O. The Morgan fingerprint density at radius 1 is 1.38 bits per heavy atom. The maximum atomic E-state index is 9.22. The highest BCUT2D eigenvalue weighted by Crippen LogP contribution is 2.24. The molecule has 1 aromatic rings. The first-order valence-corrected chi connectivity index (χ1v) is 5.85. The Hall–Kier alpha value is -1.16. The van der Waals surface area contributed by atoms with Crippen LogP contribution in [0.4, 0.5) is 5.82 Å². The van der Waals surface area contributed by atoms with Gasteiger partial charge in [0, 0.05) is 23.7 Å². The van der Waals surface area contributed by atoms with Crippen molar-refractivity contribution in [1.82, 2.24) is 9.97 Å². The molecule has 0 spiro atoms. The number of anilines is 1. The van der Waals surface area contributed by atoms with Crippen molar-refractivity contribution >= 4 is 5.82 Å². The molecule has 1 saturated carbocycles. The second kappa shape index (κ2) is 4.37. The Bertz CT molecular complexity index is 373. The number of hydrogen-bond acceptors (Lipinski definition) is 4. The van der Waals surface area contributed by atoms with Gasteiger partial charge >= 0.3 is 0 Å². The third kappa shape index (κ3) is 2.50. The number of rotatable bonds is 3. The molecule has 0 atom stereocenters. The Kier molecular flexibility index (Phi) is 3.10. The highest BCUT2D eigenvalue weighted by Gasteiger charge is 2.27. The van der Waals surface area contributed by atoms with Gasteiger partial charge in [0.1, 0.15) is 11.6 Å². The van der Waals surface area contributed by atoms with Gasteiger partial charge in [-0.25, -0.2) is 9.97 Å². The number of hydrogen-bond donors (Lipinski definition) is 2. The summed E-state index contributed by atoms with van der Waals surface area (Å²) in [7, 11) is 0. The van der Waals surface area contributed by atoms with E-state index in [2.05, 4.69) is 29.1 Å². The lowest BCUT2D eigenvalue weighted by Gasteiger charge is -2.32. The molecule has 16 heavy (non-hydrogen) atoms. The SMILES string of the molecule is Cc1cc(NC2CC(O)C2)nc(C(C)C)n1. The van der Waals surface area contributed by atoms with Crippen LogP contribution in [-0.2, 0) is 0 Å². The fourth-order valence-corrected chi connectivity index (χ4v) is 1.84. The molecule has 1 heterocycles. The maximum Gasteiger partial charge on any atom is 0.133 e. The van der Waals surface area contributed by atoms with Crippen molar-refractivity contribution in [3.8, 4) is 0 Å². The zero-order valence-electron chi connectivity index (χ0n) is 10.1. The summed E-state index contributed by atoms with van der Waals surface area (Å²) in [5.41, 5.74) is 0.987. The lowest BCUT2D eigenvalue weighted by atomic mass is 9.89. The van der Waals surface area contributed by atoms with E-state index in [0.29, 0.717) is 12.0 Å². The van der Waals surface area contributed by atoms with Gasteiger partial charge in [0.2, 0.25) is 0 Å². The highest BCUT2D eigenvalue weighted by molar-refractivity contribution is 5.38. The molecule has 0 aliphatic heterocycles. The van der Waals surface area contributed by atoms with Crippen molar-refractivity contribution in [2.24, 2.45) is 0 Å². The summed E-state index contributed by atoms with van der Waals surface area (Å²) >= 11 is 0. The molecule has 2 N–H and O–H groups in total. The molecule has 1 fully saturated rings. The highest BCUT2D eigenvalue weighted by atomic mass is 16.3. The van der Waals surface area contributed by atoms with Crippen LogP contribution in [0.1, 0.15) is 44.1 Å². The molecule has 0 unspecified atom stereocenters. The molecule has 0 aromatic carbocycles. The van der Waals surface area contributed by atoms with Gasteiger partial charge in [-0.15, -0.1) is 0 Å². The van der Waals surface area contributed by atoms with Crippen molar-refractivity contribution < 1.29 is 5.11 Å². The second-order valence-corrected chi connectivity index (χ2v) is 4.87. The molecule has 4 nitrogen and oxygen atoms in total. The van der Waals surface area contributed by atoms with Crippen LogP contribution in [0.2, 0.25) is 0 Å². The quantitative estimate of drug-likeness (QED) is 0.817. The molecule has 1 aliphatic carbocycles. The van der Waals surface area contributed by atoms with E-state index >= 15 is 0 Å². The molecule has 0 radical (unpaired) electrons. The van der Waals surface area contributed by atoms with E-state index in [1.54, 1.807) is 0 Å². The molecule has 2 rings (SSSR count). The number of nitrogens with one attached hydrogen (secondary N) is 1. The third-order valence-corrected chi connectivity index (χ3v) is 2.85. The van der Waals surface area contributed by atoms with Gasteiger partial charge in [0.15, 0.2) is 0 Å². The first-order chi connectivity index (χ1) is 7.54. The Morgan fingerprint density at radius 2 is 2.06 bits per heavy atom. The van der Waals surface area contributed by atoms with Crippen LogP contribution in [-0.4, -0.2) is 27.2 Å². The summed E-state index contributed by atoms with van der Waals surface area (Å²) in [6.07, 6.45) is 1.50. The maximum absolute atomic E-state index is 9.22. The van der Waals surface area contributed by atoms with Gasteiger partial charge in [-0.2, -0.15) is 0 Å². The van der Waals surface area contributed by atoms with E-state index in [9.17, 15) is 5.11 Å². The van der Waals surface area contributed by atoms with Crippen LogP contribution in [0.5, 0.6) is 0 Å². The average molecular weight is 221 g/mol. The minimum absolute atomic E-state index is 0.134. The van der Waals surface area contributed by atoms with Gasteiger partial charge in [-0.1, -0.05) is 13.8 Å². The molecule has 88 valence electrons. The summed E-state index contributed by atoms with van der Waals surface area (Å²) in [5.74, 6) is 2.10. The summed E-state index contributed by atoms with van der Waals surface area (Å²) < 4.78 is 0. The van der Waals surface area contributed by atoms with E-state index in [-0.39, 0.29) is 6.10 Å². The predicted molar refractivity (Wildman–Crippen MR) is 63.5 cm³/mol. The molecule has 0 amide bonds. The van der Waals surface area contributed by atoms with Crippen LogP contribution in [0.3, 0.4) is 0 Å². The number of aromatic nitrogens is 2. The smallest absolute Gasteiger partial charge is 0.133 e. The van der Waals surface area contributed by atoms with Crippen LogP contribution in [0.15, 0.2) is 6.07 Å². The van der Waals surface area contributed by atoms with Crippen molar-refractivity contribution in [1.29, 1.82) is 0 Å². The van der Waals surface area contributed by atoms with E-state index < -0.39 is 0 Å². The lowest BCUT2D eigenvalue weighted by molar-refractivity contribution is 0.0835. The normalized spacial score (nSPS) is 24.3. The zero-order valence-corrected chi connectivity index (χ0v) is 10.1. The van der Waals surface area contributed by atoms with Gasteiger partial charge < -0.3 is 10.4 Å². The summed E-state index contributed by atoms with van der Waals surface area (Å²) in [6, 6.07) is 2.32. The fourth-order valence-electron chi connectivity index (χ4n) is 1.84. The predicted octanol–water partition coefficient (Wildman–Crippen LogP) is 1.84. The molecular weight excluding hydrogens is 202 g/mol. The summed E-state index contributed by atoms with van der Waals surface area (Å²) in [6.45, 7) is 6.16. The molecule has 1 aromatic heterocycles. The zero-order chi connectivity index (χ0) is 11.7. The fraction of sp³-hybridized carbons (Fsp3) is 0.667. The monoisotopic (exact) mass is 221 g/mol. The van der Waals surface area contributed by atoms with Gasteiger partial charge in [-0.05, 0) is 19.8 Å². The van der Waals surface area contributed by atoms with E-state index in [0.717, 1.165) is 30.2 Å². The minimum atomic E-state index is -0.134. The van der Waals surface area contributed by atoms with Crippen LogP contribution in [0.25, 0.3) is 0 Å². The van der Waals surface area contributed by atoms with Gasteiger partial charge in [0.25, 0.3) is 0 Å². The molecule has 0 bridgehead atoms. The number of aliphatic hydroxyl groups excluding tert-OH is 1. The first-order valence-electron chi connectivity index (χ1n) is 5.85. The number of aryl methyl sites for hydroxylation is 1. The second-order valence-electron chi connectivity index (χ2n) is 4.87. The Labute approximate surface area is 96.1 Å².